The summed E-state index contributed by atoms with van der Waals surface area (Å²) in [5.74, 6) is -0.352. The largest absolute Gasteiger partial charge is 0.619 e. The van der Waals surface area contributed by atoms with Gasteiger partial charge in [0.2, 0.25) is 11.9 Å². The highest BCUT2D eigenvalue weighted by molar-refractivity contribution is 6.00. The molecule has 3 aliphatic rings. The average molecular weight is 533 g/mol. The predicted molar refractivity (Wildman–Crippen MR) is 142 cm³/mol. The van der Waals surface area contributed by atoms with Gasteiger partial charge in [0, 0.05) is 23.9 Å². The number of rotatable bonds is 10. The number of hydrogen-bond donors (Lipinski definition) is 2. The molecule has 0 aromatic carbocycles. The Morgan fingerprint density at radius 1 is 1.05 bits per heavy atom. The van der Waals surface area contributed by atoms with E-state index in [9.17, 15) is 14.8 Å². The number of aromatic nitrogens is 4. The maximum atomic E-state index is 15.3. The van der Waals surface area contributed by atoms with Gasteiger partial charge in [0.15, 0.2) is 12.4 Å². The first-order chi connectivity index (χ1) is 18.8. The van der Waals surface area contributed by atoms with Gasteiger partial charge in [-0.15, -0.1) is 0 Å². The molecule has 1 atom stereocenters. The first kappa shape index (κ1) is 25.5. The molecule has 3 aromatic rings. The van der Waals surface area contributed by atoms with Gasteiger partial charge in [-0.2, -0.15) is 14.2 Å². The molecule has 6 rings (SSSR count). The van der Waals surface area contributed by atoms with Crippen molar-refractivity contribution in [1.82, 2.24) is 20.1 Å². The van der Waals surface area contributed by atoms with Gasteiger partial charge in [0.25, 0.3) is 5.91 Å². The molecule has 3 saturated carbocycles. The van der Waals surface area contributed by atoms with Crippen LogP contribution in [0.25, 0.3) is 11.1 Å². The van der Waals surface area contributed by atoms with Crippen molar-refractivity contribution in [3.63, 3.8) is 0 Å². The molecule has 10 heteroatoms. The molecule has 3 fully saturated rings. The van der Waals surface area contributed by atoms with Crippen LogP contribution < -0.4 is 15.4 Å². The first-order valence-corrected chi connectivity index (χ1v) is 13.8. The third-order valence-corrected chi connectivity index (χ3v) is 8.05. The van der Waals surface area contributed by atoms with Crippen LogP contribution in [0.5, 0.6) is 0 Å². The lowest BCUT2D eigenvalue weighted by Gasteiger charge is -2.27. The van der Waals surface area contributed by atoms with Crippen LogP contribution in [0.4, 0.5) is 10.2 Å². The standard InChI is InChI=1S/C29H33FN6O3/c1-16(2)36-23(11-13-31-36)28(37)34-26(25(18-5-6-18)19-7-8-19)29(38)33-24-10-9-21(27(30)32-24)22-15-35(39)14-12-20(22)17-3-4-17/h9-19,25-26H,3-8H2,1-2H3,(H,34,37)(H,32,33,38)/t26-/m0/s1. The highest BCUT2D eigenvalue weighted by Crippen LogP contribution is 2.51. The predicted octanol–water partition coefficient (Wildman–Crippen LogP) is 4.35. The summed E-state index contributed by atoms with van der Waals surface area (Å²) in [5, 5.41) is 22.0. The maximum Gasteiger partial charge on any atom is 0.270 e. The molecule has 2 N–H and O–H groups in total. The van der Waals surface area contributed by atoms with Crippen molar-refractivity contribution < 1.29 is 18.7 Å². The van der Waals surface area contributed by atoms with Crippen molar-refractivity contribution in [3.05, 3.63) is 65.3 Å². The maximum absolute atomic E-state index is 15.3. The van der Waals surface area contributed by atoms with E-state index < -0.39 is 17.9 Å². The molecule has 39 heavy (non-hydrogen) atoms. The van der Waals surface area contributed by atoms with Crippen LogP contribution in [0.1, 0.15) is 80.4 Å². The van der Waals surface area contributed by atoms with Gasteiger partial charge in [-0.05, 0) is 99.8 Å². The van der Waals surface area contributed by atoms with E-state index in [1.54, 1.807) is 35.1 Å². The number of halogens is 1. The van der Waals surface area contributed by atoms with E-state index in [4.69, 9.17) is 0 Å². The number of amides is 2. The van der Waals surface area contributed by atoms with E-state index in [2.05, 4.69) is 20.7 Å². The van der Waals surface area contributed by atoms with Crippen LogP contribution in [-0.4, -0.2) is 32.6 Å². The normalized spacial score (nSPS) is 17.9. The number of nitrogens with zero attached hydrogens (tertiary/aromatic N) is 4. The molecule has 3 aliphatic carbocycles. The molecule has 2 amide bonds. The van der Waals surface area contributed by atoms with Crippen LogP contribution in [0.15, 0.2) is 42.9 Å². The lowest BCUT2D eigenvalue weighted by molar-refractivity contribution is -0.604. The summed E-state index contributed by atoms with van der Waals surface area (Å²) < 4.78 is 17.6. The number of carbonyl (C=O) groups is 2. The van der Waals surface area contributed by atoms with Crippen molar-refractivity contribution in [2.24, 2.45) is 17.8 Å². The van der Waals surface area contributed by atoms with Gasteiger partial charge in [0.05, 0.1) is 5.56 Å². The van der Waals surface area contributed by atoms with Crippen LogP contribution in [0.2, 0.25) is 0 Å². The molecule has 0 saturated heterocycles. The topological polar surface area (TPSA) is 116 Å². The summed E-state index contributed by atoms with van der Waals surface area (Å²) in [6, 6.07) is 5.70. The number of pyridine rings is 2. The highest BCUT2D eigenvalue weighted by Gasteiger charge is 2.48. The third-order valence-electron chi connectivity index (χ3n) is 8.05. The molecule has 3 aromatic heterocycles. The summed E-state index contributed by atoms with van der Waals surface area (Å²) in [4.78, 5) is 31.0. The van der Waals surface area contributed by atoms with Crippen molar-refractivity contribution >= 4 is 17.6 Å². The summed E-state index contributed by atoms with van der Waals surface area (Å²) in [6.07, 6.45) is 10.5. The van der Waals surface area contributed by atoms with E-state index in [1.165, 1.54) is 12.4 Å². The quantitative estimate of drug-likeness (QED) is 0.229. The SMILES string of the molecule is CC(C)n1nccc1C(=O)N[C@H](C(=O)Nc1ccc(-c2c[n+]([O-])ccc2C2CC2)c(F)n1)C(C1CC1)C1CC1. The second kappa shape index (κ2) is 10.1. The molecule has 9 nitrogen and oxygen atoms in total. The summed E-state index contributed by atoms with van der Waals surface area (Å²) in [5.41, 5.74) is 2.07. The Bertz CT molecular complexity index is 1400. The zero-order valence-electron chi connectivity index (χ0n) is 22.1. The van der Waals surface area contributed by atoms with Gasteiger partial charge >= 0.3 is 0 Å². The number of nitrogens with one attached hydrogen (secondary N) is 2. The van der Waals surface area contributed by atoms with Gasteiger partial charge in [0.1, 0.15) is 17.6 Å². The number of carbonyl (C=O) groups excluding carboxylic acids is 2. The minimum absolute atomic E-state index is 0.0116. The zero-order valence-corrected chi connectivity index (χ0v) is 22.1. The second-order valence-corrected chi connectivity index (χ2v) is 11.4. The summed E-state index contributed by atoms with van der Waals surface area (Å²) in [7, 11) is 0. The Hall–Kier alpha value is -3.82. The fraction of sp³-hybridized carbons (Fsp3) is 0.483. The molecular formula is C29H33FN6O3. The summed E-state index contributed by atoms with van der Waals surface area (Å²) in [6.45, 7) is 3.88. The van der Waals surface area contributed by atoms with E-state index in [0.717, 1.165) is 44.1 Å². The Morgan fingerprint density at radius 3 is 2.38 bits per heavy atom. The Morgan fingerprint density at radius 2 is 1.77 bits per heavy atom. The van der Waals surface area contributed by atoms with Crippen LogP contribution >= 0.6 is 0 Å². The van der Waals surface area contributed by atoms with Crippen LogP contribution in [0, 0.1) is 28.9 Å². The molecule has 3 heterocycles. The molecule has 0 bridgehead atoms. The molecule has 0 aliphatic heterocycles. The van der Waals surface area contributed by atoms with Gasteiger partial charge in [-0.3, -0.25) is 14.3 Å². The van der Waals surface area contributed by atoms with Gasteiger partial charge < -0.3 is 15.8 Å². The van der Waals surface area contributed by atoms with Crippen molar-refractivity contribution in [1.29, 1.82) is 0 Å². The number of anilines is 1. The monoisotopic (exact) mass is 532 g/mol. The molecule has 0 spiro atoms. The Kier molecular flexibility index (Phi) is 6.56. The Balaban J connectivity index is 1.25. The molecule has 0 radical (unpaired) electrons. The fourth-order valence-electron chi connectivity index (χ4n) is 5.72. The number of hydrogen-bond acceptors (Lipinski definition) is 5. The summed E-state index contributed by atoms with van der Waals surface area (Å²) >= 11 is 0. The van der Waals surface area contributed by atoms with Crippen LogP contribution in [0.3, 0.4) is 0 Å². The highest BCUT2D eigenvalue weighted by atomic mass is 19.1. The van der Waals surface area contributed by atoms with Crippen molar-refractivity contribution in [3.8, 4) is 11.1 Å². The van der Waals surface area contributed by atoms with E-state index >= 15 is 4.39 Å². The second-order valence-electron chi connectivity index (χ2n) is 11.4. The van der Waals surface area contributed by atoms with E-state index in [-0.39, 0.29) is 29.2 Å². The van der Waals surface area contributed by atoms with Gasteiger partial charge in [-0.25, -0.2) is 4.98 Å². The van der Waals surface area contributed by atoms with Crippen molar-refractivity contribution in [2.45, 2.75) is 70.4 Å². The minimum Gasteiger partial charge on any atom is -0.619 e. The average Bonchev–Trinajstić information content (AvgIpc) is 3.75. The molecular weight excluding hydrogens is 499 g/mol. The molecule has 0 unspecified atom stereocenters. The lowest BCUT2D eigenvalue weighted by Crippen LogP contribution is -2.50. The van der Waals surface area contributed by atoms with E-state index in [0.29, 0.717) is 33.7 Å². The minimum atomic E-state index is -0.771. The van der Waals surface area contributed by atoms with Gasteiger partial charge in [-0.1, -0.05) is 0 Å². The zero-order chi connectivity index (χ0) is 27.3. The van der Waals surface area contributed by atoms with E-state index in [1.807, 2.05) is 13.8 Å². The Labute approximate surface area is 226 Å². The molecule has 204 valence electrons. The first-order valence-electron chi connectivity index (χ1n) is 13.8. The smallest absolute Gasteiger partial charge is 0.270 e. The van der Waals surface area contributed by atoms with Crippen LogP contribution in [-0.2, 0) is 4.79 Å². The third kappa shape index (κ3) is 5.37. The fourth-order valence-corrected chi connectivity index (χ4v) is 5.72. The lowest BCUT2D eigenvalue weighted by atomic mass is 9.88. The van der Waals surface area contributed by atoms with Crippen molar-refractivity contribution in [2.75, 3.05) is 5.32 Å².